The highest BCUT2D eigenvalue weighted by atomic mass is 16.7. The van der Waals surface area contributed by atoms with Gasteiger partial charge in [-0.1, -0.05) is 24.3 Å². The molecule has 21 heavy (non-hydrogen) atoms. The number of anilines is 1. The van der Waals surface area contributed by atoms with Crippen LogP contribution in [0, 0.1) is 17.0 Å². The molecule has 0 radical (unpaired) electrons. The van der Waals surface area contributed by atoms with Crippen molar-refractivity contribution < 1.29 is 14.6 Å². The third-order valence-corrected chi connectivity index (χ3v) is 3.36. The molecule has 0 fully saturated rings. The number of Topliss-reactive ketones (excluding diaryl/α,β-unsaturated/α-hetero) is 1. The van der Waals surface area contributed by atoms with E-state index in [9.17, 15) is 14.9 Å². The van der Waals surface area contributed by atoms with E-state index in [1.54, 1.807) is 30.3 Å². The highest BCUT2D eigenvalue weighted by Gasteiger charge is 2.30. The van der Waals surface area contributed by atoms with Gasteiger partial charge in [0.2, 0.25) is 0 Å². The fourth-order valence-corrected chi connectivity index (χ4v) is 2.40. The van der Waals surface area contributed by atoms with Crippen molar-refractivity contribution in [2.75, 3.05) is 11.6 Å². The summed E-state index contributed by atoms with van der Waals surface area (Å²) in [4.78, 5) is 28.5. The van der Waals surface area contributed by atoms with Gasteiger partial charge in [0, 0.05) is 6.07 Å². The zero-order chi connectivity index (χ0) is 15.0. The average molecular weight is 284 g/mol. The van der Waals surface area contributed by atoms with Crippen LogP contribution in [0.3, 0.4) is 0 Å². The maximum absolute atomic E-state index is 12.3. The Balaban J connectivity index is 2.04. The van der Waals surface area contributed by atoms with Gasteiger partial charge in [0.15, 0.2) is 17.2 Å². The van der Waals surface area contributed by atoms with Crippen molar-refractivity contribution >= 4 is 17.2 Å². The van der Waals surface area contributed by atoms with Crippen molar-refractivity contribution in [2.24, 2.45) is 0 Å². The summed E-state index contributed by atoms with van der Waals surface area (Å²) in [7, 11) is 0. The number of benzene rings is 2. The monoisotopic (exact) mass is 284 g/mol. The van der Waals surface area contributed by atoms with Crippen LogP contribution in [-0.4, -0.2) is 17.3 Å². The Morgan fingerprint density at radius 1 is 1.19 bits per heavy atom. The van der Waals surface area contributed by atoms with Crippen molar-refractivity contribution in [3.8, 4) is 5.75 Å². The molecular formula is C15H12N2O4. The Morgan fingerprint density at radius 3 is 2.71 bits per heavy atom. The molecular weight excluding hydrogens is 272 g/mol. The number of hydrogen-bond acceptors (Lipinski definition) is 5. The van der Waals surface area contributed by atoms with E-state index in [1.807, 2.05) is 13.0 Å². The number of nitro benzene ring substituents is 1. The van der Waals surface area contributed by atoms with Crippen LogP contribution in [0.25, 0.3) is 0 Å². The Labute approximate surface area is 120 Å². The molecule has 1 heterocycles. The highest BCUT2D eigenvalue weighted by molar-refractivity contribution is 6.04. The van der Waals surface area contributed by atoms with Crippen molar-refractivity contribution in [2.45, 2.75) is 6.92 Å². The third-order valence-electron chi connectivity index (χ3n) is 3.36. The number of carbonyl (C=O) groups excluding carboxylic acids is 1. The Hall–Kier alpha value is -2.89. The topological polar surface area (TPSA) is 72.7 Å². The van der Waals surface area contributed by atoms with Crippen LogP contribution in [0.5, 0.6) is 5.75 Å². The number of rotatable bonds is 2. The number of aryl methyl sites for hydroxylation is 1. The van der Waals surface area contributed by atoms with E-state index in [4.69, 9.17) is 4.84 Å². The van der Waals surface area contributed by atoms with Gasteiger partial charge in [-0.3, -0.25) is 14.9 Å². The van der Waals surface area contributed by atoms with Gasteiger partial charge in [-0.25, -0.2) is 0 Å². The molecule has 0 saturated heterocycles. The fourth-order valence-electron chi connectivity index (χ4n) is 2.40. The molecule has 0 aliphatic carbocycles. The van der Waals surface area contributed by atoms with Gasteiger partial charge in [0.1, 0.15) is 6.54 Å². The second-order valence-electron chi connectivity index (χ2n) is 4.74. The SMILES string of the molecule is Cc1cccc2c1C(=O)CN(c1ccccc1[N+](=O)[O-])O2. The van der Waals surface area contributed by atoms with Crippen LogP contribution in [0.1, 0.15) is 15.9 Å². The Morgan fingerprint density at radius 2 is 1.95 bits per heavy atom. The molecule has 3 rings (SSSR count). The Bertz CT molecular complexity index is 742. The van der Waals surface area contributed by atoms with Gasteiger partial charge in [-0.15, -0.1) is 0 Å². The van der Waals surface area contributed by atoms with Gasteiger partial charge in [0.25, 0.3) is 5.69 Å². The number of nitro groups is 1. The zero-order valence-corrected chi connectivity index (χ0v) is 11.3. The summed E-state index contributed by atoms with van der Waals surface area (Å²) in [6.45, 7) is 1.78. The van der Waals surface area contributed by atoms with Gasteiger partial charge in [-0.05, 0) is 24.6 Å². The minimum absolute atomic E-state index is 0.0529. The molecule has 0 spiro atoms. The molecule has 0 bridgehead atoms. The number of nitrogens with zero attached hydrogens (tertiary/aromatic N) is 2. The first-order valence-corrected chi connectivity index (χ1v) is 6.39. The zero-order valence-electron chi connectivity index (χ0n) is 11.3. The van der Waals surface area contributed by atoms with Gasteiger partial charge < -0.3 is 4.84 Å². The Kier molecular flexibility index (Phi) is 3.06. The van der Waals surface area contributed by atoms with Crippen molar-refractivity contribution in [3.63, 3.8) is 0 Å². The second-order valence-corrected chi connectivity index (χ2v) is 4.74. The minimum Gasteiger partial charge on any atom is -0.378 e. The minimum atomic E-state index is -0.491. The van der Waals surface area contributed by atoms with Crippen molar-refractivity contribution in [1.29, 1.82) is 0 Å². The highest BCUT2D eigenvalue weighted by Crippen LogP contribution is 2.34. The number of hydrogen-bond donors (Lipinski definition) is 0. The normalized spacial score (nSPS) is 13.6. The van der Waals surface area contributed by atoms with Crippen molar-refractivity contribution in [1.82, 2.24) is 0 Å². The van der Waals surface area contributed by atoms with Gasteiger partial charge in [-0.2, -0.15) is 5.06 Å². The van der Waals surface area contributed by atoms with E-state index in [0.717, 1.165) is 5.56 Å². The first kappa shape index (κ1) is 13.1. The van der Waals surface area contributed by atoms with E-state index in [2.05, 4.69) is 0 Å². The van der Waals surface area contributed by atoms with E-state index < -0.39 is 4.92 Å². The van der Waals surface area contributed by atoms with Crippen LogP contribution >= 0.6 is 0 Å². The van der Waals surface area contributed by atoms with Gasteiger partial charge in [0.05, 0.1) is 10.5 Å². The predicted octanol–water partition coefficient (Wildman–Crippen LogP) is 2.90. The first-order valence-electron chi connectivity index (χ1n) is 6.39. The molecule has 6 nitrogen and oxygen atoms in total. The lowest BCUT2D eigenvalue weighted by molar-refractivity contribution is -0.384. The molecule has 0 amide bonds. The molecule has 0 atom stereocenters. The molecule has 1 aliphatic heterocycles. The summed E-state index contributed by atoms with van der Waals surface area (Å²) >= 11 is 0. The molecule has 2 aromatic carbocycles. The first-order chi connectivity index (χ1) is 10.1. The maximum Gasteiger partial charge on any atom is 0.295 e. The molecule has 106 valence electrons. The van der Waals surface area contributed by atoms with Crippen LogP contribution in [0.2, 0.25) is 0 Å². The van der Waals surface area contributed by atoms with E-state index in [0.29, 0.717) is 11.3 Å². The van der Waals surface area contributed by atoms with Crippen LogP contribution in [0.15, 0.2) is 42.5 Å². The lowest BCUT2D eigenvalue weighted by atomic mass is 10.0. The van der Waals surface area contributed by atoms with Crippen LogP contribution < -0.4 is 9.90 Å². The number of hydroxylamine groups is 1. The summed E-state index contributed by atoms with van der Waals surface area (Å²) in [6, 6.07) is 11.5. The number of carbonyl (C=O) groups is 1. The van der Waals surface area contributed by atoms with E-state index >= 15 is 0 Å². The summed E-state index contributed by atoms with van der Waals surface area (Å²) in [5.41, 5.74) is 1.54. The smallest absolute Gasteiger partial charge is 0.295 e. The van der Waals surface area contributed by atoms with E-state index in [-0.39, 0.29) is 23.7 Å². The number of para-hydroxylation sites is 2. The standard InChI is InChI=1S/C15H12N2O4/c1-10-5-4-8-14-15(10)13(18)9-16(21-14)11-6-2-3-7-12(11)17(19)20/h2-8H,9H2,1H3. The molecule has 2 aromatic rings. The molecule has 1 aliphatic rings. The third kappa shape index (κ3) is 2.20. The summed E-state index contributed by atoms with van der Waals surface area (Å²) in [6.07, 6.45) is 0. The second kappa shape index (κ2) is 4.90. The van der Waals surface area contributed by atoms with E-state index in [1.165, 1.54) is 11.1 Å². The lowest BCUT2D eigenvalue weighted by Crippen LogP contribution is -2.38. The summed E-state index contributed by atoms with van der Waals surface area (Å²) in [5.74, 6) is 0.303. The average Bonchev–Trinajstić information content (AvgIpc) is 2.47. The van der Waals surface area contributed by atoms with Crippen molar-refractivity contribution in [3.05, 3.63) is 63.7 Å². The molecule has 0 unspecified atom stereocenters. The molecule has 0 saturated carbocycles. The summed E-state index contributed by atoms with van der Waals surface area (Å²) in [5, 5.41) is 12.4. The summed E-state index contributed by atoms with van der Waals surface area (Å²) < 4.78 is 0. The van der Waals surface area contributed by atoms with Gasteiger partial charge >= 0.3 is 0 Å². The molecule has 0 aromatic heterocycles. The lowest BCUT2D eigenvalue weighted by Gasteiger charge is -2.29. The fraction of sp³-hybridized carbons (Fsp3) is 0.133. The molecule has 0 N–H and O–H groups in total. The van der Waals surface area contributed by atoms with Crippen LogP contribution in [0.4, 0.5) is 11.4 Å². The number of fused-ring (bicyclic) bond motifs is 1. The quantitative estimate of drug-likeness (QED) is 0.626. The molecule has 6 heteroatoms. The van der Waals surface area contributed by atoms with Crippen LogP contribution in [-0.2, 0) is 0 Å². The maximum atomic E-state index is 12.3. The largest absolute Gasteiger partial charge is 0.378 e. The predicted molar refractivity (Wildman–Crippen MR) is 76.6 cm³/mol. The number of ketones is 1.